The Bertz CT molecular complexity index is 758. The third kappa shape index (κ3) is 5.36. The van der Waals surface area contributed by atoms with Gasteiger partial charge in [0.1, 0.15) is 5.75 Å². The SMILES string of the molecule is Cc1cc(CN(C)CC(=O)c2cccn2C)cc(C)c1OCC(F)(F)F. The Labute approximate surface area is 151 Å². The summed E-state index contributed by atoms with van der Waals surface area (Å²) in [6.45, 7) is 2.90. The van der Waals surface area contributed by atoms with Crippen molar-refractivity contribution in [1.82, 2.24) is 9.47 Å². The molecule has 0 saturated heterocycles. The second kappa shape index (κ2) is 7.95. The molecule has 2 aromatic rings. The van der Waals surface area contributed by atoms with Crippen LogP contribution in [0.1, 0.15) is 27.2 Å². The molecule has 0 atom stereocenters. The van der Waals surface area contributed by atoms with Gasteiger partial charge in [0.15, 0.2) is 12.4 Å². The summed E-state index contributed by atoms with van der Waals surface area (Å²) in [5.74, 6) is 0.271. The van der Waals surface area contributed by atoms with Crippen molar-refractivity contribution in [1.29, 1.82) is 0 Å². The number of aromatic nitrogens is 1. The molecule has 0 spiro atoms. The third-order valence-corrected chi connectivity index (χ3v) is 4.00. The van der Waals surface area contributed by atoms with Crippen molar-refractivity contribution in [2.24, 2.45) is 7.05 Å². The summed E-state index contributed by atoms with van der Waals surface area (Å²) in [7, 11) is 3.65. The van der Waals surface area contributed by atoms with Gasteiger partial charge < -0.3 is 9.30 Å². The molecule has 142 valence electrons. The smallest absolute Gasteiger partial charge is 0.422 e. The molecule has 0 amide bonds. The molecule has 26 heavy (non-hydrogen) atoms. The predicted molar refractivity (Wildman–Crippen MR) is 93.5 cm³/mol. The molecule has 0 unspecified atom stereocenters. The van der Waals surface area contributed by atoms with Crippen molar-refractivity contribution in [3.05, 3.63) is 52.8 Å². The van der Waals surface area contributed by atoms with E-state index in [0.717, 1.165) is 5.56 Å². The minimum Gasteiger partial charge on any atom is -0.484 e. The highest BCUT2D eigenvalue weighted by Crippen LogP contribution is 2.27. The number of Topliss-reactive ketones (excluding diaryl/α,β-unsaturated/α-hetero) is 1. The number of hydrogen-bond donors (Lipinski definition) is 0. The fraction of sp³-hybridized carbons (Fsp3) is 0.421. The summed E-state index contributed by atoms with van der Waals surface area (Å²) < 4.78 is 43.8. The number of rotatable bonds is 7. The zero-order valence-corrected chi connectivity index (χ0v) is 15.4. The van der Waals surface area contributed by atoms with E-state index in [9.17, 15) is 18.0 Å². The fourth-order valence-electron chi connectivity index (χ4n) is 2.96. The number of nitrogens with zero attached hydrogens (tertiary/aromatic N) is 2. The summed E-state index contributed by atoms with van der Waals surface area (Å²) in [5, 5.41) is 0. The van der Waals surface area contributed by atoms with Crippen molar-refractivity contribution >= 4 is 5.78 Å². The highest BCUT2D eigenvalue weighted by molar-refractivity contribution is 5.96. The molecule has 0 N–H and O–H groups in total. The van der Waals surface area contributed by atoms with E-state index in [1.807, 2.05) is 31.3 Å². The van der Waals surface area contributed by atoms with Crippen LogP contribution < -0.4 is 4.74 Å². The lowest BCUT2D eigenvalue weighted by atomic mass is 10.1. The molecule has 1 aromatic heterocycles. The molecule has 0 bridgehead atoms. The molecule has 2 rings (SSSR count). The molecular weight excluding hydrogens is 345 g/mol. The number of halogens is 3. The topological polar surface area (TPSA) is 34.5 Å². The molecule has 1 heterocycles. The molecular formula is C19H23F3N2O2. The Kier molecular flexibility index (Phi) is 6.13. The van der Waals surface area contributed by atoms with E-state index in [4.69, 9.17) is 4.74 Å². The first-order valence-corrected chi connectivity index (χ1v) is 8.19. The average molecular weight is 368 g/mol. The summed E-state index contributed by atoms with van der Waals surface area (Å²) in [6.07, 6.45) is -2.55. The van der Waals surface area contributed by atoms with Crippen LogP contribution in [0.4, 0.5) is 13.2 Å². The van der Waals surface area contributed by atoms with Gasteiger partial charge in [-0.15, -0.1) is 0 Å². The van der Waals surface area contributed by atoms with Gasteiger partial charge in [0.25, 0.3) is 0 Å². The van der Waals surface area contributed by atoms with Crippen LogP contribution in [0.15, 0.2) is 30.5 Å². The largest absolute Gasteiger partial charge is 0.484 e. The first-order valence-electron chi connectivity index (χ1n) is 8.19. The van der Waals surface area contributed by atoms with E-state index in [1.54, 1.807) is 36.6 Å². The number of alkyl halides is 3. The van der Waals surface area contributed by atoms with Crippen LogP contribution in [0, 0.1) is 13.8 Å². The predicted octanol–water partition coefficient (Wildman–Crippen LogP) is 3.90. The second-order valence-electron chi connectivity index (χ2n) is 6.56. The number of carbonyl (C=O) groups is 1. The van der Waals surface area contributed by atoms with Crippen LogP contribution in [0.2, 0.25) is 0 Å². The van der Waals surface area contributed by atoms with Gasteiger partial charge in [-0.1, -0.05) is 12.1 Å². The molecule has 4 nitrogen and oxygen atoms in total. The highest BCUT2D eigenvalue weighted by atomic mass is 19.4. The van der Waals surface area contributed by atoms with Crippen LogP contribution in [0.3, 0.4) is 0 Å². The van der Waals surface area contributed by atoms with Crippen LogP contribution in [0.25, 0.3) is 0 Å². The molecule has 0 radical (unpaired) electrons. The first kappa shape index (κ1) is 20.0. The van der Waals surface area contributed by atoms with Crippen molar-refractivity contribution in [2.45, 2.75) is 26.6 Å². The van der Waals surface area contributed by atoms with E-state index >= 15 is 0 Å². The molecule has 0 aliphatic rings. The third-order valence-electron chi connectivity index (χ3n) is 4.00. The number of aryl methyl sites for hydroxylation is 3. The van der Waals surface area contributed by atoms with E-state index in [-0.39, 0.29) is 18.1 Å². The summed E-state index contributed by atoms with van der Waals surface area (Å²) in [6, 6.07) is 7.18. The van der Waals surface area contributed by atoms with E-state index in [2.05, 4.69) is 0 Å². The quantitative estimate of drug-likeness (QED) is 0.696. The monoisotopic (exact) mass is 368 g/mol. The van der Waals surface area contributed by atoms with E-state index < -0.39 is 12.8 Å². The van der Waals surface area contributed by atoms with Crippen LogP contribution >= 0.6 is 0 Å². The maximum absolute atomic E-state index is 12.4. The lowest BCUT2D eigenvalue weighted by Crippen LogP contribution is -2.26. The molecule has 0 aliphatic carbocycles. The first-order chi connectivity index (χ1) is 12.1. The van der Waals surface area contributed by atoms with Gasteiger partial charge in [-0.2, -0.15) is 13.2 Å². The zero-order chi connectivity index (χ0) is 19.5. The number of carbonyl (C=O) groups excluding carboxylic acids is 1. The fourth-order valence-corrected chi connectivity index (χ4v) is 2.96. The average Bonchev–Trinajstić information content (AvgIpc) is 2.91. The Morgan fingerprint density at radius 3 is 2.35 bits per heavy atom. The van der Waals surface area contributed by atoms with Gasteiger partial charge in [0.05, 0.1) is 12.2 Å². The minimum absolute atomic E-state index is 0.0126. The minimum atomic E-state index is -4.37. The zero-order valence-electron chi connectivity index (χ0n) is 15.4. The maximum Gasteiger partial charge on any atom is 0.422 e. The number of ketones is 1. The van der Waals surface area contributed by atoms with Gasteiger partial charge in [0.2, 0.25) is 0 Å². The molecule has 0 aliphatic heterocycles. The Morgan fingerprint density at radius 1 is 1.23 bits per heavy atom. The van der Waals surface area contributed by atoms with Crippen molar-refractivity contribution in [2.75, 3.05) is 20.2 Å². The van der Waals surface area contributed by atoms with Crippen molar-refractivity contribution < 1.29 is 22.7 Å². The summed E-state index contributed by atoms with van der Waals surface area (Å²) >= 11 is 0. The second-order valence-corrected chi connectivity index (χ2v) is 6.56. The van der Waals surface area contributed by atoms with Gasteiger partial charge in [-0.05, 0) is 49.7 Å². The Hall–Kier alpha value is -2.28. The van der Waals surface area contributed by atoms with Gasteiger partial charge in [-0.3, -0.25) is 9.69 Å². The standard InChI is InChI=1S/C19H23F3N2O2/c1-13-8-15(9-14(2)18(13)26-12-19(20,21)22)10-23(3)11-17(25)16-6-5-7-24(16)4/h5-9H,10-12H2,1-4H3. The van der Waals surface area contributed by atoms with E-state index in [1.165, 1.54) is 0 Å². The summed E-state index contributed by atoms with van der Waals surface area (Å²) in [5.41, 5.74) is 2.85. The number of likely N-dealkylation sites (N-methyl/N-ethyl adjacent to an activating group) is 1. The molecule has 0 saturated carbocycles. The van der Waals surface area contributed by atoms with Crippen molar-refractivity contribution in [3.8, 4) is 5.75 Å². The van der Waals surface area contributed by atoms with Gasteiger partial charge >= 0.3 is 6.18 Å². The number of benzene rings is 1. The van der Waals surface area contributed by atoms with E-state index in [0.29, 0.717) is 23.4 Å². The van der Waals surface area contributed by atoms with Gasteiger partial charge in [-0.25, -0.2) is 0 Å². The van der Waals surface area contributed by atoms with Crippen LogP contribution in [-0.2, 0) is 13.6 Å². The summed E-state index contributed by atoms with van der Waals surface area (Å²) in [4.78, 5) is 14.2. The molecule has 1 aromatic carbocycles. The van der Waals surface area contributed by atoms with Gasteiger partial charge in [0, 0.05) is 19.8 Å². The van der Waals surface area contributed by atoms with Crippen LogP contribution in [0.5, 0.6) is 5.75 Å². The maximum atomic E-state index is 12.4. The number of ether oxygens (including phenoxy) is 1. The van der Waals surface area contributed by atoms with Crippen molar-refractivity contribution in [3.63, 3.8) is 0 Å². The molecule has 7 heteroatoms. The number of hydrogen-bond acceptors (Lipinski definition) is 3. The highest BCUT2D eigenvalue weighted by Gasteiger charge is 2.29. The Morgan fingerprint density at radius 2 is 1.85 bits per heavy atom. The Balaban J connectivity index is 2.03. The normalized spacial score (nSPS) is 11.8. The molecule has 0 fully saturated rings. The lowest BCUT2D eigenvalue weighted by molar-refractivity contribution is -0.153. The lowest BCUT2D eigenvalue weighted by Gasteiger charge is -2.19. The van der Waals surface area contributed by atoms with Crippen LogP contribution in [-0.4, -0.2) is 41.6 Å².